The maximum atomic E-state index is 11.7. The molecule has 0 aliphatic heterocycles. The average molecular weight is 473 g/mol. The van der Waals surface area contributed by atoms with Gasteiger partial charge in [0.15, 0.2) is 16.6 Å². The van der Waals surface area contributed by atoms with E-state index in [1.807, 2.05) is 36.4 Å². The fourth-order valence-electron chi connectivity index (χ4n) is 3.46. The summed E-state index contributed by atoms with van der Waals surface area (Å²) in [5, 5.41) is 6.67. The minimum absolute atomic E-state index is 0.0131. The van der Waals surface area contributed by atoms with Crippen molar-refractivity contribution in [1.29, 1.82) is 0 Å². The molecule has 1 heterocycles. The number of thiazole rings is 1. The third kappa shape index (κ3) is 7.31. The predicted octanol–water partition coefficient (Wildman–Crippen LogP) is 4.78. The molecule has 0 bridgehead atoms. The highest BCUT2D eigenvalue weighted by Gasteiger charge is 2.12. The molecule has 0 spiro atoms. The Kier molecular flexibility index (Phi) is 8.87. The van der Waals surface area contributed by atoms with Crippen LogP contribution in [0.3, 0.4) is 0 Å². The molecule has 0 unspecified atom stereocenters. The summed E-state index contributed by atoms with van der Waals surface area (Å²) in [5.74, 6) is 0.903. The van der Waals surface area contributed by atoms with Crippen molar-refractivity contribution < 1.29 is 19.3 Å². The normalized spacial score (nSPS) is 11.4. The molecular formula is C24H32N4O4S. The highest BCUT2D eigenvalue weighted by molar-refractivity contribution is 7.22. The molecule has 0 radical (unpaired) electrons. The van der Waals surface area contributed by atoms with Gasteiger partial charge >= 0.3 is 0 Å². The standard InChI is InChI=1S/C24H32N4O4S/c1-16(2)28(17(3)4)13-12-25-18-6-8-19(9-7-18)31-32-20-10-11-21-22(14-20)33-24(26-21)27-23(29)15-30-5/h6-11,14,16-17,25H,12-13,15H2,1-5H3,(H,26,27,29). The van der Waals surface area contributed by atoms with E-state index in [2.05, 4.69) is 48.2 Å². The molecule has 1 amide bonds. The molecule has 178 valence electrons. The quantitative estimate of drug-likeness (QED) is 0.290. The van der Waals surface area contributed by atoms with Crippen LogP contribution in [0.4, 0.5) is 10.8 Å². The van der Waals surface area contributed by atoms with Gasteiger partial charge in [-0.25, -0.2) is 4.98 Å². The van der Waals surface area contributed by atoms with Crippen LogP contribution in [0.15, 0.2) is 42.5 Å². The van der Waals surface area contributed by atoms with Gasteiger partial charge in [0.2, 0.25) is 0 Å². The molecule has 33 heavy (non-hydrogen) atoms. The number of anilines is 2. The zero-order chi connectivity index (χ0) is 23.8. The third-order valence-corrected chi connectivity index (χ3v) is 5.93. The Morgan fingerprint density at radius 2 is 1.70 bits per heavy atom. The number of nitrogens with zero attached hydrogens (tertiary/aromatic N) is 2. The SMILES string of the molecule is COCC(=O)Nc1nc2ccc(OOc3ccc(NCCN(C(C)C)C(C)C)cc3)cc2s1. The summed E-state index contributed by atoms with van der Waals surface area (Å²) in [6.45, 7) is 10.7. The van der Waals surface area contributed by atoms with E-state index >= 15 is 0 Å². The molecule has 2 aromatic carbocycles. The molecule has 3 aromatic rings. The molecule has 8 nitrogen and oxygen atoms in total. The van der Waals surface area contributed by atoms with Crippen LogP contribution in [0, 0.1) is 0 Å². The fourth-order valence-corrected chi connectivity index (χ4v) is 4.37. The van der Waals surface area contributed by atoms with Crippen molar-refractivity contribution in [3.05, 3.63) is 42.5 Å². The van der Waals surface area contributed by atoms with Gasteiger partial charge in [0.1, 0.15) is 6.61 Å². The molecule has 0 fully saturated rings. The number of hydrogen-bond donors (Lipinski definition) is 2. The number of methoxy groups -OCH3 is 1. The maximum absolute atomic E-state index is 11.7. The number of rotatable bonds is 12. The number of ether oxygens (including phenoxy) is 1. The number of hydrogen-bond acceptors (Lipinski definition) is 8. The molecule has 1 aromatic heterocycles. The van der Waals surface area contributed by atoms with Crippen LogP contribution >= 0.6 is 11.3 Å². The van der Waals surface area contributed by atoms with Gasteiger partial charge in [-0.1, -0.05) is 11.3 Å². The van der Waals surface area contributed by atoms with Gasteiger partial charge in [-0.2, -0.15) is 0 Å². The minimum atomic E-state index is -0.244. The summed E-state index contributed by atoms with van der Waals surface area (Å²) in [4.78, 5) is 29.4. The van der Waals surface area contributed by atoms with Crippen molar-refractivity contribution in [3.8, 4) is 11.5 Å². The molecule has 9 heteroatoms. The number of aromatic nitrogens is 1. The molecule has 0 aliphatic carbocycles. The Labute approximate surface area is 198 Å². The van der Waals surface area contributed by atoms with Crippen LogP contribution in [-0.2, 0) is 9.53 Å². The first-order valence-corrected chi connectivity index (χ1v) is 11.8. The maximum Gasteiger partial charge on any atom is 0.252 e. The summed E-state index contributed by atoms with van der Waals surface area (Å²) in [6, 6.07) is 14.1. The van der Waals surface area contributed by atoms with Gasteiger partial charge in [-0.3, -0.25) is 24.8 Å². The number of amides is 1. The highest BCUT2D eigenvalue weighted by Crippen LogP contribution is 2.29. The zero-order valence-corrected chi connectivity index (χ0v) is 20.6. The number of fused-ring (bicyclic) bond motifs is 1. The van der Waals surface area contributed by atoms with E-state index in [0.717, 1.165) is 29.0 Å². The van der Waals surface area contributed by atoms with Crippen LogP contribution in [0.2, 0.25) is 0 Å². The van der Waals surface area contributed by atoms with E-state index in [1.165, 1.54) is 18.4 Å². The fraction of sp³-hybridized carbons (Fsp3) is 0.417. The van der Waals surface area contributed by atoms with E-state index < -0.39 is 0 Å². The van der Waals surface area contributed by atoms with E-state index in [4.69, 9.17) is 14.5 Å². The lowest BCUT2D eigenvalue weighted by Gasteiger charge is -2.30. The molecule has 0 saturated carbocycles. The van der Waals surface area contributed by atoms with Gasteiger partial charge in [-0.05, 0) is 64.1 Å². The van der Waals surface area contributed by atoms with Gasteiger partial charge in [0, 0.05) is 44.0 Å². The first-order valence-electron chi connectivity index (χ1n) is 11.0. The summed E-state index contributed by atoms with van der Waals surface area (Å²) in [6.07, 6.45) is 0. The van der Waals surface area contributed by atoms with Crippen molar-refractivity contribution >= 4 is 38.3 Å². The number of carbonyl (C=O) groups excluding carboxylic acids is 1. The first-order chi connectivity index (χ1) is 15.9. The topological polar surface area (TPSA) is 85.0 Å². The molecule has 0 aliphatic rings. The Morgan fingerprint density at radius 3 is 2.36 bits per heavy atom. The van der Waals surface area contributed by atoms with Crippen molar-refractivity contribution in [2.45, 2.75) is 39.8 Å². The molecule has 0 saturated heterocycles. The van der Waals surface area contributed by atoms with Gasteiger partial charge in [0.05, 0.1) is 10.2 Å². The van der Waals surface area contributed by atoms with E-state index in [-0.39, 0.29) is 12.5 Å². The number of carbonyl (C=O) groups is 1. The lowest BCUT2D eigenvalue weighted by molar-refractivity contribution is -0.119. The van der Waals surface area contributed by atoms with Crippen molar-refractivity contribution in [1.82, 2.24) is 9.88 Å². The van der Waals surface area contributed by atoms with E-state index in [1.54, 1.807) is 6.07 Å². The second-order valence-electron chi connectivity index (χ2n) is 8.17. The Hall–Kier alpha value is -2.88. The van der Waals surface area contributed by atoms with Gasteiger partial charge in [0.25, 0.3) is 5.91 Å². The van der Waals surface area contributed by atoms with Gasteiger partial charge < -0.3 is 10.1 Å². The minimum Gasteiger partial charge on any atom is -0.384 e. The summed E-state index contributed by atoms with van der Waals surface area (Å²) in [5.41, 5.74) is 1.80. The third-order valence-electron chi connectivity index (χ3n) is 5.00. The number of nitrogens with one attached hydrogen (secondary N) is 2. The Morgan fingerprint density at radius 1 is 1.03 bits per heavy atom. The Bertz CT molecular complexity index is 1030. The summed E-state index contributed by atoms with van der Waals surface area (Å²) < 4.78 is 5.69. The van der Waals surface area contributed by atoms with Crippen LogP contribution in [-0.4, -0.2) is 54.7 Å². The molecular weight excluding hydrogens is 440 g/mol. The molecule has 3 rings (SSSR count). The van der Waals surface area contributed by atoms with Crippen molar-refractivity contribution in [2.75, 3.05) is 37.4 Å². The zero-order valence-electron chi connectivity index (χ0n) is 19.8. The van der Waals surface area contributed by atoms with Crippen molar-refractivity contribution in [2.24, 2.45) is 0 Å². The monoisotopic (exact) mass is 472 g/mol. The van der Waals surface area contributed by atoms with Crippen LogP contribution in [0.5, 0.6) is 11.5 Å². The van der Waals surface area contributed by atoms with E-state index in [0.29, 0.717) is 28.7 Å². The van der Waals surface area contributed by atoms with Crippen LogP contribution in [0.1, 0.15) is 27.7 Å². The summed E-state index contributed by atoms with van der Waals surface area (Å²) >= 11 is 1.36. The van der Waals surface area contributed by atoms with Crippen LogP contribution in [0.25, 0.3) is 10.2 Å². The highest BCUT2D eigenvalue weighted by atomic mass is 32.1. The molecule has 2 N–H and O–H groups in total. The largest absolute Gasteiger partial charge is 0.384 e. The lowest BCUT2D eigenvalue weighted by atomic mass is 10.2. The predicted molar refractivity (Wildman–Crippen MR) is 133 cm³/mol. The Balaban J connectivity index is 1.50. The smallest absolute Gasteiger partial charge is 0.252 e. The van der Waals surface area contributed by atoms with Gasteiger partial charge in [-0.15, -0.1) is 0 Å². The first kappa shape index (κ1) is 24.8. The average Bonchev–Trinajstić information content (AvgIpc) is 3.17. The molecule has 0 atom stereocenters. The second kappa shape index (κ2) is 11.8. The van der Waals surface area contributed by atoms with E-state index in [9.17, 15) is 4.79 Å². The number of benzene rings is 2. The lowest BCUT2D eigenvalue weighted by Crippen LogP contribution is -2.40. The summed E-state index contributed by atoms with van der Waals surface area (Å²) in [7, 11) is 1.47. The van der Waals surface area contributed by atoms with Crippen molar-refractivity contribution in [3.63, 3.8) is 0 Å². The van der Waals surface area contributed by atoms with Crippen LogP contribution < -0.4 is 20.4 Å². The second-order valence-corrected chi connectivity index (χ2v) is 9.20.